The van der Waals surface area contributed by atoms with Gasteiger partial charge in [0, 0.05) is 25.9 Å². The number of carbonyl (C=O) groups is 1. The minimum absolute atomic E-state index is 0.226. The van der Waals surface area contributed by atoms with Crippen molar-refractivity contribution in [2.24, 2.45) is 0 Å². The summed E-state index contributed by atoms with van der Waals surface area (Å²) < 4.78 is 1.98. The predicted molar refractivity (Wildman–Crippen MR) is 86.7 cm³/mol. The number of thiocarbonyl (C=S) groups is 1. The van der Waals surface area contributed by atoms with Crippen molar-refractivity contribution in [2.45, 2.75) is 38.0 Å². The van der Waals surface area contributed by atoms with Crippen LogP contribution in [0.15, 0.2) is 24.5 Å². The molecule has 1 aliphatic rings. The van der Waals surface area contributed by atoms with Crippen molar-refractivity contribution in [1.29, 1.82) is 0 Å². The molecule has 110 valence electrons. The van der Waals surface area contributed by atoms with Crippen LogP contribution in [0.4, 0.5) is 0 Å². The van der Waals surface area contributed by atoms with Crippen molar-refractivity contribution < 1.29 is 4.79 Å². The standard InChI is InChI=1S/C16H19N3OS/c1-11-9-19-10-12(6-7-14(19)18-11)16(15(21)17-2)8-4-3-5-13(16)20/h6-7,9-10H,3-5,8H2,1-2H3,(H,17,21). The van der Waals surface area contributed by atoms with Gasteiger partial charge in [0.25, 0.3) is 0 Å². The van der Waals surface area contributed by atoms with Gasteiger partial charge in [-0.25, -0.2) is 4.98 Å². The number of ketones is 1. The highest BCUT2D eigenvalue weighted by Gasteiger charge is 2.45. The number of carbonyl (C=O) groups excluding carboxylic acids is 1. The van der Waals surface area contributed by atoms with E-state index in [-0.39, 0.29) is 5.78 Å². The average Bonchev–Trinajstić information content (AvgIpc) is 2.86. The second-order valence-corrected chi connectivity index (χ2v) is 6.09. The van der Waals surface area contributed by atoms with Gasteiger partial charge in [-0.3, -0.25) is 4.79 Å². The van der Waals surface area contributed by atoms with Crippen molar-refractivity contribution in [3.8, 4) is 0 Å². The predicted octanol–water partition coefficient (Wildman–Crippen LogP) is 2.57. The fraction of sp³-hybridized carbons (Fsp3) is 0.438. The molecule has 1 aliphatic carbocycles. The number of pyridine rings is 1. The first-order chi connectivity index (χ1) is 10.1. The minimum atomic E-state index is -0.672. The summed E-state index contributed by atoms with van der Waals surface area (Å²) >= 11 is 5.52. The van der Waals surface area contributed by atoms with Gasteiger partial charge in [-0.1, -0.05) is 24.7 Å². The second kappa shape index (κ2) is 5.22. The van der Waals surface area contributed by atoms with Crippen LogP contribution in [0, 0.1) is 6.92 Å². The third-order valence-corrected chi connectivity index (χ3v) is 4.91. The van der Waals surface area contributed by atoms with E-state index in [4.69, 9.17) is 12.2 Å². The lowest BCUT2D eigenvalue weighted by Gasteiger charge is -2.36. The highest BCUT2D eigenvalue weighted by molar-refractivity contribution is 7.80. The van der Waals surface area contributed by atoms with Crippen LogP contribution in [0.5, 0.6) is 0 Å². The zero-order chi connectivity index (χ0) is 15.0. The lowest BCUT2D eigenvalue weighted by molar-refractivity contribution is -0.123. The van der Waals surface area contributed by atoms with Gasteiger partial charge in [0.05, 0.1) is 10.7 Å². The Labute approximate surface area is 129 Å². The molecule has 1 N–H and O–H groups in total. The Bertz CT molecular complexity index is 711. The molecule has 2 aromatic rings. The van der Waals surface area contributed by atoms with Crippen molar-refractivity contribution in [1.82, 2.24) is 14.7 Å². The molecular formula is C16H19N3OS. The summed E-state index contributed by atoms with van der Waals surface area (Å²) in [4.78, 5) is 17.8. The number of aromatic nitrogens is 2. The van der Waals surface area contributed by atoms with Crippen molar-refractivity contribution in [2.75, 3.05) is 7.05 Å². The fourth-order valence-corrected chi connectivity index (χ4v) is 3.62. The summed E-state index contributed by atoms with van der Waals surface area (Å²) in [6.45, 7) is 1.96. The Morgan fingerprint density at radius 2 is 2.19 bits per heavy atom. The molecule has 3 rings (SSSR count). The van der Waals surface area contributed by atoms with Crippen LogP contribution in [-0.4, -0.2) is 27.2 Å². The lowest BCUT2D eigenvalue weighted by atomic mass is 9.68. The first kappa shape index (κ1) is 14.2. The van der Waals surface area contributed by atoms with Crippen LogP contribution >= 0.6 is 12.2 Å². The van der Waals surface area contributed by atoms with Gasteiger partial charge in [0.15, 0.2) is 0 Å². The number of aryl methyl sites for hydroxylation is 1. The smallest absolute Gasteiger partial charge is 0.150 e. The molecule has 0 saturated heterocycles. The molecule has 5 heteroatoms. The van der Waals surface area contributed by atoms with Crippen molar-refractivity contribution >= 4 is 28.6 Å². The minimum Gasteiger partial charge on any atom is -0.382 e. The highest BCUT2D eigenvalue weighted by atomic mass is 32.1. The third-order valence-electron chi connectivity index (χ3n) is 4.36. The first-order valence-electron chi connectivity index (χ1n) is 7.29. The van der Waals surface area contributed by atoms with E-state index in [1.54, 1.807) is 7.05 Å². The van der Waals surface area contributed by atoms with Gasteiger partial charge in [0.2, 0.25) is 0 Å². The monoisotopic (exact) mass is 301 g/mol. The molecule has 0 aliphatic heterocycles. The van der Waals surface area contributed by atoms with Gasteiger partial charge < -0.3 is 9.72 Å². The number of rotatable bonds is 2. The van der Waals surface area contributed by atoms with Crippen LogP contribution in [0.25, 0.3) is 5.65 Å². The Balaban J connectivity index is 2.17. The molecule has 2 aromatic heterocycles. The molecule has 0 spiro atoms. The van der Waals surface area contributed by atoms with E-state index in [2.05, 4.69) is 10.3 Å². The van der Waals surface area contributed by atoms with Gasteiger partial charge in [-0.2, -0.15) is 0 Å². The lowest BCUT2D eigenvalue weighted by Crippen LogP contribution is -2.49. The number of likely N-dealkylation sites (N-methyl/N-ethyl adjacent to an activating group) is 1. The largest absolute Gasteiger partial charge is 0.382 e. The molecule has 1 saturated carbocycles. The number of fused-ring (bicyclic) bond motifs is 1. The molecule has 0 bridgehead atoms. The number of hydrogen-bond acceptors (Lipinski definition) is 3. The molecule has 4 nitrogen and oxygen atoms in total. The number of nitrogens with one attached hydrogen (secondary N) is 1. The summed E-state index contributed by atoms with van der Waals surface area (Å²) in [6.07, 6.45) is 7.34. The van der Waals surface area contributed by atoms with Crippen LogP contribution in [0.3, 0.4) is 0 Å². The summed E-state index contributed by atoms with van der Waals surface area (Å²) in [5.74, 6) is 0.226. The maximum atomic E-state index is 12.7. The third kappa shape index (κ3) is 2.16. The van der Waals surface area contributed by atoms with Crippen LogP contribution in [0.2, 0.25) is 0 Å². The van der Waals surface area contributed by atoms with E-state index in [9.17, 15) is 4.79 Å². The van der Waals surface area contributed by atoms with Crippen LogP contribution in [-0.2, 0) is 10.2 Å². The SMILES string of the molecule is CNC(=S)C1(c2ccc3nc(C)cn3c2)CCCCC1=O. The summed E-state index contributed by atoms with van der Waals surface area (Å²) in [7, 11) is 1.80. The Morgan fingerprint density at radius 1 is 1.38 bits per heavy atom. The molecule has 1 atom stereocenters. The number of hydrogen-bond donors (Lipinski definition) is 1. The van der Waals surface area contributed by atoms with Gasteiger partial charge >= 0.3 is 0 Å². The molecule has 21 heavy (non-hydrogen) atoms. The van der Waals surface area contributed by atoms with E-state index in [0.29, 0.717) is 11.4 Å². The number of imidazole rings is 1. The fourth-order valence-electron chi connectivity index (χ4n) is 3.29. The molecule has 0 aromatic carbocycles. The van der Waals surface area contributed by atoms with E-state index >= 15 is 0 Å². The zero-order valence-electron chi connectivity index (χ0n) is 12.3. The topological polar surface area (TPSA) is 46.4 Å². The van der Waals surface area contributed by atoms with E-state index in [1.165, 1.54) is 0 Å². The summed E-state index contributed by atoms with van der Waals surface area (Å²) in [6, 6.07) is 3.96. The molecule has 0 amide bonds. The van der Waals surface area contributed by atoms with E-state index in [0.717, 1.165) is 36.2 Å². The normalized spacial score (nSPS) is 22.5. The zero-order valence-corrected chi connectivity index (χ0v) is 13.2. The molecule has 2 heterocycles. The molecule has 1 fully saturated rings. The van der Waals surface area contributed by atoms with Crippen molar-refractivity contribution in [3.63, 3.8) is 0 Å². The average molecular weight is 301 g/mol. The highest BCUT2D eigenvalue weighted by Crippen LogP contribution is 2.38. The first-order valence-corrected chi connectivity index (χ1v) is 7.70. The number of Topliss-reactive ketones (excluding diaryl/α,β-unsaturated/α-hetero) is 1. The Kier molecular flexibility index (Phi) is 3.53. The molecular weight excluding hydrogens is 282 g/mol. The Morgan fingerprint density at radius 3 is 2.90 bits per heavy atom. The van der Waals surface area contributed by atoms with Crippen LogP contribution in [0.1, 0.15) is 36.9 Å². The van der Waals surface area contributed by atoms with Crippen LogP contribution < -0.4 is 5.32 Å². The van der Waals surface area contributed by atoms with Gasteiger partial charge in [-0.05, 0) is 31.4 Å². The maximum Gasteiger partial charge on any atom is 0.150 e. The van der Waals surface area contributed by atoms with E-state index in [1.807, 2.05) is 35.9 Å². The molecule has 0 radical (unpaired) electrons. The maximum absolute atomic E-state index is 12.7. The summed E-state index contributed by atoms with van der Waals surface area (Å²) in [5, 5.41) is 3.04. The van der Waals surface area contributed by atoms with Gasteiger partial charge in [0.1, 0.15) is 16.8 Å². The second-order valence-electron chi connectivity index (χ2n) is 5.68. The van der Waals surface area contributed by atoms with E-state index < -0.39 is 5.41 Å². The number of nitrogens with zero attached hydrogens (tertiary/aromatic N) is 2. The van der Waals surface area contributed by atoms with Gasteiger partial charge in [-0.15, -0.1) is 0 Å². The van der Waals surface area contributed by atoms with Crippen molar-refractivity contribution in [3.05, 3.63) is 35.8 Å². The molecule has 1 unspecified atom stereocenters. The Hall–Kier alpha value is -1.75. The quantitative estimate of drug-likeness (QED) is 0.866. The summed E-state index contributed by atoms with van der Waals surface area (Å²) in [5.41, 5.74) is 2.16.